The van der Waals surface area contributed by atoms with Gasteiger partial charge in [0.1, 0.15) is 29.8 Å². The number of ether oxygens (including phenoxy) is 2. The summed E-state index contributed by atoms with van der Waals surface area (Å²) in [5.74, 6) is -4.18. The lowest BCUT2D eigenvalue weighted by Crippen LogP contribution is -2.56. The van der Waals surface area contributed by atoms with E-state index < -0.39 is 71.8 Å². The van der Waals surface area contributed by atoms with Crippen LogP contribution in [0.5, 0.6) is 0 Å². The van der Waals surface area contributed by atoms with Gasteiger partial charge in [-0.05, 0) is 68.5 Å². The number of rotatable bonds is 29. The molecule has 8 aromatic carbocycles. The molecule has 9 rings (SSSR count). The maximum absolute atomic E-state index is 15.3. The molecule has 0 bridgehead atoms. The molecule has 0 heterocycles. The maximum atomic E-state index is 15.3. The molecule has 0 saturated carbocycles. The van der Waals surface area contributed by atoms with Crippen LogP contribution in [-0.4, -0.2) is 66.2 Å². The van der Waals surface area contributed by atoms with Crippen LogP contribution in [0.15, 0.2) is 231 Å². The molecule has 0 aliphatic heterocycles. The van der Waals surface area contributed by atoms with Gasteiger partial charge in [-0.3, -0.25) is 19.2 Å². The number of nitrogens with one attached hydrogen (secondary N) is 4. The fourth-order valence-electron chi connectivity index (χ4n) is 11.6. The molecule has 1 aliphatic rings. The summed E-state index contributed by atoms with van der Waals surface area (Å²) in [4.78, 5) is 85.4. The summed E-state index contributed by atoms with van der Waals surface area (Å²) in [6, 6.07) is 69.4. The zero-order chi connectivity index (χ0) is 59.3. The number of hydrogen-bond acceptors (Lipinski definition) is 8. The highest BCUT2D eigenvalue weighted by atomic mass is 16.5. The first-order valence-electron chi connectivity index (χ1n) is 29.3. The molecule has 13 nitrogen and oxygen atoms in total. The fraction of sp³-hybridized carbons (Fsp3) is 0.250. The summed E-state index contributed by atoms with van der Waals surface area (Å²) in [6.45, 7) is -0.0920. The van der Waals surface area contributed by atoms with Crippen molar-refractivity contribution in [3.8, 4) is 11.1 Å². The number of carboxylic acid groups (broad SMARTS) is 1. The zero-order valence-corrected chi connectivity index (χ0v) is 47.6. The van der Waals surface area contributed by atoms with Crippen molar-refractivity contribution in [2.75, 3.05) is 13.2 Å². The lowest BCUT2D eigenvalue weighted by Gasteiger charge is -2.37. The molecule has 0 radical (unpaired) electrons. The Morgan fingerprint density at radius 2 is 0.741 bits per heavy atom. The van der Waals surface area contributed by atoms with Gasteiger partial charge in [-0.1, -0.05) is 269 Å². The number of benzene rings is 8. The predicted octanol–water partition coefficient (Wildman–Crippen LogP) is 12.5. The lowest BCUT2D eigenvalue weighted by atomic mass is 9.77. The highest BCUT2D eigenvalue weighted by Gasteiger charge is 2.42. The predicted molar refractivity (Wildman–Crippen MR) is 328 cm³/mol. The van der Waals surface area contributed by atoms with Gasteiger partial charge in [-0.15, -0.1) is 0 Å². The van der Waals surface area contributed by atoms with Crippen LogP contribution in [0.25, 0.3) is 11.1 Å². The Kier molecular flexibility index (Phi) is 20.9. The van der Waals surface area contributed by atoms with Gasteiger partial charge in [0.15, 0.2) is 0 Å². The third kappa shape index (κ3) is 15.0. The molecule has 0 unspecified atom stereocenters. The molecule has 2 atom stereocenters. The molecule has 0 aromatic heterocycles. The molecule has 8 aromatic rings. The SMILES string of the molecule is O=C(O)CCCCCCCCCCOC(=O)[C@H](CC(=O)NC(c1ccccc1)(c1ccccc1)c1ccccc1)NC(=O)[C@H](CC(=O)NC(c1ccccc1)(c1ccccc1)c1ccccc1)NC(=O)OCC1c2ccccc2-c2ccccc21. The highest BCUT2D eigenvalue weighted by molar-refractivity contribution is 5.95. The van der Waals surface area contributed by atoms with Crippen LogP contribution in [-0.2, 0) is 44.5 Å². The van der Waals surface area contributed by atoms with E-state index in [1.54, 1.807) is 0 Å². The van der Waals surface area contributed by atoms with Crippen molar-refractivity contribution in [1.29, 1.82) is 0 Å². The number of aliphatic carboxylic acids is 1. The molecule has 5 N–H and O–H groups in total. The quantitative estimate of drug-likeness (QED) is 0.0173. The van der Waals surface area contributed by atoms with Crippen LogP contribution in [0.4, 0.5) is 4.79 Å². The van der Waals surface area contributed by atoms with E-state index >= 15 is 14.4 Å². The summed E-state index contributed by atoms with van der Waals surface area (Å²) in [5, 5.41) is 21.0. The summed E-state index contributed by atoms with van der Waals surface area (Å²) in [5.41, 5.74) is 5.83. The average Bonchev–Trinajstić information content (AvgIpc) is 3.52. The van der Waals surface area contributed by atoms with E-state index in [0.717, 1.165) is 94.2 Å². The summed E-state index contributed by atoms with van der Waals surface area (Å²) in [7, 11) is 0. The van der Waals surface area contributed by atoms with E-state index in [2.05, 4.69) is 21.3 Å². The van der Waals surface area contributed by atoms with Gasteiger partial charge in [-0.25, -0.2) is 9.59 Å². The number of carbonyl (C=O) groups is 6. The van der Waals surface area contributed by atoms with Gasteiger partial charge in [-0.2, -0.15) is 0 Å². The van der Waals surface area contributed by atoms with E-state index in [9.17, 15) is 14.4 Å². The number of amides is 4. The van der Waals surface area contributed by atoms with E-state index in [4.69, 9.17) is 14.6 Å². The van der Waals surface area contributed by atoms with Crippen LogP contribution in [0, 0.1) is 0 Å². The minimum absolute atomic E-state index is 0.00219. The summed E-state index contributed by atoms with van der Waals surface area (Å²) >= 11 is 0. The van der Waals surface area contributed by atoms with Crippen molar-refractivity contribution in [2.24, 2.45) is 0 Å². The topological polar surface area (TPSA) is 189 Å². The first-order chi connectivity index (χ1) is 41.6. The second kappa shape index (κ2) is 29.6. The second-order valence-electron chi connectivity index (χ2n) is 21.4. The summed E-state index contributed by atoms with van der Waals surface area (Å²) < 4.78 is 11.9. The van der Waals surface area contributed by atoms with Crippen LogP contribution in [0.1, 0.15) is 121 Å². The van der Waals surface area contributed by atoms with Crippen LogP contribution in [0.2, 0.25) is 0 Å². The Morgan fingerprint density at radius 3 is 1.13 bits per heavy atom. The monoisotopic (exact) mass is 1140 g/mol. The Bertz CT molecular complexity index is 3240. The largest absolute Gasteiger partial charge is 0.481 e. The third-order valence-electron chi connectivity index (χ3n) is 15.8. The van der Waals surface area contributed by atoms with Crippen molar-refractivity contribution in [1.82, 2.24) is 21.3 Å². The van der Waals surface area contributed by atoms with E-state index in [-0.39, 0.29) is 25.6 Å². The van der Waals surface area contributed by atoms with Crippen molar-refractivity contribution in [3.05, 3.63) is 275 Å². The normalized spacial score (nSPS) is 12.6. The van der Waals surface area contributed by atoms with Crippen molar-refractivity contribution < 1.29 is 43.3 Å². The minimum Gasteiger partial charge on any atom is -0.481 e. The number of unbranched alkanes of at least 4 members (excludes halogenated alkanes) is 7. The first-order valence-corrected chi connectivity index (χ1v) is 29.3. The molecular formula is C72H72N4O9. The van der Waals surface area contributed by atoms with Crippen molar-refractivity contribution in [3.63, 3.8) is 0 Å². The van der Waals surface area contributed by atoms with Crippen molar-refractivity contribution in [2.45, 2.75) is 99.7 Å². The van der Waals surface area contributed by atoms with Gasteiger partial charge in [0.2, 0.25) is 17.7 Å². The maximum Gasteiger partial charge on any atom is 0.407 e. The van der Waals surface area contributed by atoms with E-state index in [1.807, 2.05) is 231 Å². The molecule has 13 heteroatoms. The minimum atomic E-state index is -1.66. The molecule has 0 spiro atoms. The average molecular weight is 1140 g/mol. The second-order valence-corrected chi connectivity index (χ2v) is 21.4. The molecular weight excluding hydrogens is 1060 g/mol. The Balaban J connectivity index is 1.01. The Morgan fingerprint density at radius 1 is 0.400 bits per heavy atom. The lowest BCUT2D eigenvalue weighted by molar-refractivity contribution is -0.149. The fourth-order valence-corrected chi connectivity index (χ4v) is 11.6. The Labute approximate surface area is 497 Å². The molecule has 434 valence electrons. The molecule has 0 fully saturated rings. The van der Waals surface area contributed by atoms with E-state index in [1.165, 1.54) is 0 Å². The highest BCUT2D eigenvalue weighted by Crippen LogP contribution is 2.45. The number of carbonyl (C=O) groups excluding carboxylic acids is 5. The van der Waals surface area contributed by atoms with E-state index in [0.29, 0.717) is 12.8 Å². The van der Waals surface area contributed by atoms with Gasteiger partial charge in [0, 0.05) is 12.3 Å². The summed E-state index contributed by atoms with van der Waals surface area (Å²) in [6.07, 6.45) is 4.37. The Hall–Kier alpha value is -9.62. The van der Waals surface area contributed by atoms with Crippen LogP contribution < -0.4 is 21.3 Å². The number of esters is 1. The molecule has 1 aliphatic carbocycles. The van der Waals surface area contributed by atoms with Crippen LogP contribution >= 0.6 is 0 Å². The standard InChI is InChI=1S/C72H72N4O9/c77-65(75-71(52-31-13-7-14-32-52,53-33-15-8-16-34-53)54-35-17-9-18-36-54)49-63(74-70(83)85-51-62-60-45-28-26-43-58(60)59-44-27-29-46-61(59)62)68(81)73-64(69(82)84-48-30-6-4-2-1-3-5-25-47-67(79)80)50-66(78)76-72(55-37-19-10-20-38-55,56-39-21-11-22-40-56)57-41-23-12-24-42-57/h7-24,26-29,31-46,62-64H,1-6,25,30,47-51H2,(H,73,81)(H,74,83)(H,75,77)(H,76,78)(H,79,80)/t63-,64-/m0/s1. The molecule has 4 amide bonds. The molecule has 0 saturated heterocycles. The van der Waals surface area contributed by atoms with Gasteiger partial charge >= 0.3 is 18.0 Å². The number of alkyl carbamates (subject to hydrolysis) is 1. The van der Waals surface area contributed by atoms with Crippen LogP contribution in [0.3, 0.4) is 0 Å². The third-order valence-corrected chi connectivity index (χ3v) is 15.8. The van der Waals surface area contributed by atoms with Gasteiger partial charge < -0.3 is 35.8 Å². The number of hydrogen-bond donors (Lipinski definition) is 5. The molecule has 85 heavy (non-hydrogen) atoms. The number of fused-ring (bicyclic) bond motifs is 3. The van der Waals surface area contributed by atoms with Gasteiger partial charge in [0.05, 0.1) is 19.4 Å². The van der Waals surface area contributed by atoms with Gasteiger partial charge in [0.25, 0.3) is 0 Å². The first kappa shape index (κ1) is 60.0. The smallest absolute Gasteiger partial charge is 0.407 e. The van der Waals surface area contributed by atoms with Crippen molar-refractivity contribution >= 4 is 35.8 Å². The number of carboxylic acids is 1. The zero-order valence-electron chi connectivity index (χ0n) is 47.6.